The van der Waals surface area contributed by atoms with E-state index in [0.29, 0.717) is 0 Å². The summed E-state index contributed by atoms with van der Waals surface area (Å²) in [6.07, 6.45) is 10.4. The topological polar surface area (TPSA) is 41.9 Å². The fourth-order valence-corrected chi connectivity index (χ4v) is 4.65. The second kappa shape index (κ2) is 6.65. The first-order valence-corrected chi connectivity index (χ1v) is 10.0. The van der Waals surface area contributed by atoms with E-state index >= 15 is 0 Å². The zero-order chi connectivity index (χ0) is 17.3. The second-order valence-electron chi connectivity index (χ2n) is 6.79. The van der Waals surface area contributed by atoms with E-state index in [1.165, 1.54) is 28.1 Å². The molecule has 2 aliphatic rings. The van der Waals surface area contributed by atoms with Crippen LogP contribution in [0.5, 0.6) is 0 Å². The zero-order valence-corrected chi connectivity index (χ0v) is 15.4. The number of hydrogen-bond acceptors (Lipinski definition) is 5. The highest BCUT2D eigenvalue weighted by atomic mass is 32.1. The number of anilines is 1. The summed E-state index contributed by atoms with van der Waals surface area (Å²) in [6.45, 7) is 1.94. The van der Waals surface area contributed by atoms with Crippen LogP contribution in [-0.4, -0.2) is 28.0 Å². The lowest BCUT2D eigenvalue weighted by Gasteiger charge is -2.29. The highest BCUT2D eigenvalue weighted by molar-refractivity contribution is 7.11. The van der Waals surface area contributed by atoms with Crippen LogP contribution in [0.1, 0.15) is 29.0 Å². The van der Waals surface area contributed by atoms with Gasteiger partial charge in [-0.3, -0.25) is 4.98 Å². The second-order valence-corrected chi connectivity index (χ2v) is 7.74. The molecule has 0 bridgehead atoms. The molecule has 5 rings (SSSR count). The van der Waals surface area contributed by atoms with Crippen LogP contribution in [0.2, 0.25) is 0 Å². The molecule has 0 atom stereocenters. The minimum atomic E-state index is 0.830. The van der Waals surface area contributed by atoms with Crippen molar-refractivity contribution in [1.29, 1.82) is 0 Å². The molecule has 0 unspecified atom stereocenters. The van der Waals surface area contributed by atoms with E-state index in [2.05, 4.69) is 33.5 Å². The summed E-state index contributed by atoms with van der Waals surface area (Å²) in [7, 11) is 0. The first kappa shape index (κ1) is 15.7. The van der Waals surface area contributed by atoms with Gasteiger partial charge in [0.2, 0.25) is 0 Å². The number of rotatable bonds is 3. The molecule has 3 aromatic heterocycles. The van der Waals surface area contributed by atoms with Crippen LogP contribution >= 0.6 is 11.3 Å². The number of aromatic nitrogens is 3. The molecular weight excluding hydrogens is 340 g/mol. The molecule has 4 heterocycles. The van der Waals surface area contributed by atoms with Gasteiger partial charge in [-0.25, -0.2) is 9.97 Å². The minimum Gasteiger partial charge on any atom is -0.352 e. The molecule has 0 fully saturated rings. The molecular formula is C21H20N4S. The van der Waals surface area contributed by atoms with Crippen LogP contribution in [0.3, 0.4) is 0 Å². The van der Waals surface area contributed by atoms with E-state index in [0.717, 1.165) is 49.6 Å². The van der Waals surface area contributed by atoms with Gasteiger partial charge in [0.25, 0.3) is 0 Å². The van der Waals surface area contributed by atoms with E-state index in [-0.39, 0.29) is 0 Å². The van der Waals surface area contributed by atoms with Crippen LogP contribution < -0.4 is 4.90 Å². The van der Waals surface area contributed by atoms with Crippen molar-refractivity contribution < 1.29 is 0 Å². The summed E-state index contributed by atoms with van der Waals surface area (Å²) in [5.74, 6) is 1.97. The average molecular weight is 360 g/mol. The number of aryl methyl sites for hydroxylation is 1. The molecule has 4 nitrogen and oxygen atoms in total. The Hall–Kier alpha value is -2.53. The number of nitrogens with zero attached hydrogens (tertiary/aromatic N) is 4. The molecule has 0 N–H and O–H groups in total. The Morgan fingerprint density at radius 1 is 1.00 bits per heavy atom. The van der Waals surface area contributed by atoms with Crippen molar-refractivity contribution in [3.05, 3.63) is 64.2 Å². The summed E-state index contributed by atoms with van der Waals surface area (Å²) in [6, 6.07) is 8.33. The van der Waals surface area contributed by atoms with Crippen molar-refractivity contribution in [2.45, 2.75) is 25.7 Å². The molecule has 26 heavy (non-hydrogen) atoms. The van der Waals surface area contributed by atoms with Gasteiger partial charge in [-0.15, -0.1) is 11.3 Å². The molecule has 1 aliphatic heterocycles. The molecule has 1 aliphatic carbocycles. The van der Waals surface area contributed by atoms with Gasteiger partial charge in [-0.05, 0) is 54.8 Å². The molecule has 3 aromatic rings. The first-order valence-electron chi connectivity index (χ1n) is 9.16. The monoisotopic (exact) mass is 360 g/mol. The maximum absolute atomic E-state index is 4.99. The van der Waals surface area contributed by atoms with E-state index in [1.54, 1.807) is 0 Å². The Morgan fingerprint density at radius 2 is 1.92 bits per heavy atom. The smallest absolute Gasteiger partial charge is 0.161 e. The van der Waals surface area contributed by atoms with Crippen LogP contribution in [-0.2, 0) is 12.8 Å². The van der Waals surface area contributed by atoms with Crippen molar-refractivity contribution >= 4 is 22.7 Å². The Morgan fingerprint density at radius 3 is 2.69 bits per heavy atom. The van der Waals surface area contributed by atoms with E-state index in [1.807, 2.05) is 35.9 Å². The number of fused-ring (bicyclic) bond motifs is 1. The molecule has 0 radical (unpaired) electrons. The van der Waals surface area contributed by atoms with Crippen LogP contribution in [0, 0.1) is 0 Å². The summed E-state index contributed by atoms with van der Waals surface area (Å²) in [5.41, 5.74) is 5.10. The first-order chi connectivity index (χ1) is 12.9. The van der Waals surface area contributed by atoms with Crippen molar-refractivity contribution in [2.75, 3.05) is 18.0 Å². The van der Waals surface area contributed by atoms with E-state index in [9.17, 15) is 0 Å². The molecule has 0 saturated carbocycles. The summed E-state index contributed by atoms with van der Waals surface area (Å²) in [4.78, 5) is 17.8. The lowest BCUT2D eigenvalue weighted by molar-refractivity contribution is 0.805. The zero-order valence-electron chi connectivity index (χ0n) is 14.6. The predicted molar refractivity (Wildman–Crippen MR) is 106 cm³/mol. The fourth-order valence-electron chi connectivity index (χ4n) is 3.85. The maximum atomic E-state index is 4.99. The van der Waals surface area contributed by atoms with Crippen molar-refractivity contribution in [3.63, 3.8) is 0 Å². The van der Waals surface area contributed by atoms with Gasteiger partial charge in [0.1, 0.15) is 5.82 Å². The standard InChI is InChI=1S/C21H20N4S/c1-3-17-18(4-1)23-20(16-6-10-22-11-7-16)24-21(17)25-12-8-15(9-13-25)19-5-2-14-26-19/h2,5-8,10-11,14H,1,3-4,9,12-13H2. The van der Waals surface area contributed by atoms with Gasteiger partial charge in [0.15, 0.2) is 5.82 Å². The lowest BCUT2D eigenvalue weighted by atomic mass is 10.1. The molecule has 0 amide bonds. The highest BCUT2D eigenvalue weighted by Gasteiger charge is 2.24. The quantitative estimate of drug-likeness (QED) is 0.695. The third kappa shape index (κ3) is 2.82. The number of thiophene rings is 1. The third-order valence-corrected chi connectivity index (χ3v) is 6.14. The van der Waals surface area contributed by atoms with E-state index < -0.39 is 0 Å². The fraction of sp³-hybridized carbons (Fsp3) is 0.286. The van der Waals surface area contributed by atoms with Crippen LogP contribution in [0.4, 0.5) is 5.82 Å². The Labute approximate surface area is 157 Å². The van der Waals surface area contributed by atoms with Gasteiger partial charge in [0.05, 0.1) is 0 Å². The summed E-state index contributed by atoms with van der Waals surface area (Å²) < 4.78 is 0. The maximum Gasteiger partial charge on any atom is 0.161 e. The summed E-state index contributed by atoms with van der Waals surface area (Å²) >= 11 is 1.83. The van der Waals surface area contributed by atoms with Crippen molar-refractivity contribution in [2.24, 2.45) is 0 Å². The van der Waals surface area contributed by atoms with Crippen LogP contribution in [0.25, 0.3) is 17.0 Å². The minimum absolute atomic E-state index is 0.830. The number of pyridine rings is 1. The Kier molecular flexibility index (Phi) is 4.02. The van der Waals surface area contributed by atoms with Gasteiger partial charge >= 0.3 is 0 Å². The van der Waals surface area contributed by atoms with Gasteiger partial charge < -0.3 is 4.90 Å². The summed E-state index contributed by atoms with van der Waals surface area (Å²) in [5, 5.41) is 2.15. The Bertz CT molecular complexity index is 948. The largest absolute Gasteiger partial charge is 0.352 e. The Balaban J connectivity index is 1.50. The normalized spacial score (nSPS) is 16.5. The molecule has 5 heteroatoms. The van der Waals surface area contributed by atoms with Crippen molar-refractivity contribution in [1.82, 2.24) is 15.0 Å². The predicted octanol–water partition coefficient (Wildman–Crippen LogP) is 4.38. The third-order valence-electron chi connectivity index (χ3n) is 5.20. The molecule has 130 valence electrons. The highest BCUT2D eigenvalue weighted by Crippen LogP contribution is 2.34. The van der Waals surface area contributed by atoms with E-state index in [4.69, 9.17) is 9.97 Å². The van der Waals surface area contributed by atoms with Crippen LogP contribution in [0.15, 0.2) is 48.1 Å². The van der Waals surface area contributed by atoms with Crippen molar-refractivity contribution in [3.8, 4) is 11.4 Å². The molecule has 0 spiro atoms. The molecule has 0 aromatic carbocycles. The van der Waals surface area contributed by atoms with Gasteiger partial charge in [-0.1, -0.05) is 12.1 Å². The SMILES string of the molecule is C1=C(c2cccs2)CCN(c2nc(-c3ccncc3)nc3c2CCC3)C1. The van der Waals surface area contributed by atoms with Gasteiger partial charge in [0, 0.05) is 47.2 Å². The van der Waals surface area contributed by atoms with Gasteiger partial charge in [-0.2, -0.15) is 0 Å². The molecule has 0 saturated heterocycles. The average Bonchev–Trinajstić information content (AvgIpc) is 3.40. The lowest BCUT2D eigenvalue weighted by Crippen LogP contribution is -2.30. The number of hydrogen-bond donors (Lipinski definition) is 0.